The molecule has 1 aromatic heterocycles. The molecule has 4 heteroatoms. The topological polar surface area (TPSA) is 60.2 Å². The molecule has 1 aromatic rings. The van der Waals surface area contributed by atoms with Crippen molar-refractivity contribution in [2.45, 2.75) is 32.2 Å². The molecule has 0 aliphatic carbocycles. The maximum atomic E-state index is 5.73. The summed E-state index contributed by atoms with van der Waals surface area (Å²) in [4.78, 5) is 4.04. The van der Waals surface area contributed by atoms with Crippen LogP contribution in [-0.4, -0.2) is 30.8 Å². The van der Waals surface area contributed by atoms with E-state index < -0.39 is 0 Å². The van der Waals surface area contributed by atoms with Crippen molar-refractivity contribution in [3.63, 3.8) is 0 Å². The molecule has 2 atom stereocenters. The largest absolute Gasteiger partial charge is 0.384 e. The number of nitrogens with zero attached hydrogens (tertiary/aromatic N) is 1. The van der Waals surface area contributed by atoms with E-state index in [4.69, 9.17) is 10.5 Å². The molecule has 0 aromatic carbocycles. The Labute approximate surface area is 109 Å². The lowest BCUT2D eigenvalue weighted by molar-refractivity contribution is 0.0396. The fourth-order valence-electron chi connectivity index (χ4n) is 2.63. The van der Waals surface area contributed by atoms with Crippen molar-refractivity contribution >= 4 is 5.82 Å². The third-order valence-electron chi connectivity index (χ3n) is 3.53. The quantitative estimate of drug-likeness (QED) is 0.832. The minimum atomic E-state index is 0.470. The number of nitrogen functional groups attached to an aromatic ring is 1. The van der Waals surface area contributed by atoms with Crippen LogP contribution in [0.15, 0.2) is 18.3 Å². The Hall–Kier alpha value is -1.13. The number of likely N-dealkylation sites (N-methyl/N-ethyl adjacent to an activating group) is 1. The number of ether oxygens (including phenoxy) is 1. The first-order chi connectivity index (χ1) is 8.79. The predicted molar refractivity (Wildman–Crippen MR) is 73.4 cm³/mol. The van der Waals surface area contributed by atoms with E-state index in [-0.39, 0.29) is 0 Å². The third-order valence-corrected chi connectivity index (χ3v) is 3.53. The van der Waals surface area contributed by atoms with Crippen molar-refractivity contribution in [2.75, 3.05) is 25.5 Å². The van der Waals surface area contributed by atoms with Crippen molar-refractivity contribution in [2.24, 2.45) is 5.92 Å². The van der Waals surface area contributed by atoms with Gasteiger partial charge in [0, 0.05) is 18.8 Å². The molecule has 0 spiro atoms. The first-order valence-electron chi connectivity index (χ1n) is 6.81. The Morgan fingerprint density at radius 2 is 2.50 bits per heavy atom. The molecule has 18 heavy (non-hydrogen) atoms. The molecule has 1 aliphatic heterocycles. The second kappa shape index (κ2) is 6.71. The Bertz CT molecular complexity index is 364. The molecule has 2 rings (SSSR count). The van der Waals surface area contributed by atoms with Crippen LogP contribution in [0.4, 0.5) is 5.82 Å². The van der Waals surface area contributed by atoms with E-state index in [1.54, 1.807) is 6.20 Å². The van der Waals surface area contributed by atoms with Crippen molar-refractivity contribution in [1.82, 2.24) is 10.3 Å². The number of rotatable bonds is 5. The molecule has 100 valence electrons. The van der Waals surface area contributed by atoms with Gasteiger partial charge >= 0.3 is 0 Å². The SMILES string of the molecule is CCNC(Cc1ccnc(N)c1)C1CCCOC1. The van der Waals surface area contributed by atoms with Gasteiger partial charge in [-0.15, -0.1) is 0 Å². The van der Waals surface area contributed by atoms with Crippen LogP contribution in [0.3, 0.4) is 0 Å². The van der Waals surface area contributed by atoms with Gasteiger partial charge in [0.15, 0.2) is 0 Å². The number of pyridine rings is 1. The van der Waals surface area contributed by atoms with Crippen LogP contribution in [-0.2, 0) is 11.2 Å². The summed E-state index contributed by atoms with van der Waals surface area (Å²) in [6.07, 6.45) is 5.20. The summed E-state index contributed by atoms with van der Waals surface area (Å²) in [6.45, 7) is 4.93. The van der Waals surface area contributed by atoms with Gasteiger partial charge in [0.25, 0.3) is 0 Å². The molecular weight excluding hydrogens is 226 g/mol. The number of hydrogen-bond donors (Lipinski definition) is 2. The molecular formula is C14H23N3O. The number of anilines is 1. The summed E-state index contributed by atoms with van der Waals surface area (Å²) in [7, 11) is 0. The van der Waals surface area contributed by atoms with E-state index in [1.165, 1.54) is 18.4 Å². The van der Waals surface area contributed by atoms with Crippen LogP contribution in [0.25, 0.3) is 0 Å². The van der Waals surface area contributed by atoms with E-state index in [0.717, 1.165) is 26.2 Å². The van der Waals surface area contributed by atoms with Gasteiger partial charge in [-0.25, -0.2) is 4.98 Å². The number of nitrogens with one attached hydrogen (secondary N) is 1. The lowest BCUT2D eigenvalue weighted by Crippen LogP contribution is -2.41. The number of nitrogens with two attached hydrogens (primary N) is 1. The van der Waals surface area contributed by atoms with E-state index in [0.29, 0.717) is 17.8 Å². The van der Waals surface area contributed by atoms with E-state index >= 15 is 0 Å². The van der Waals surface area contributed by atoms with Gasteiger partial charge in [-0.2, -0.15) is 0 Å². The Balaban J connectivity index is 2.00. The maximum absolute atomic E-state index is 5.73. The Kier molecular flexibility index (Phi) is 4.96. The van der Waals surface area contributed by atoms with Crippen LogP contribution in [0.1, 0.15) is 25.3 Å². The Morgan fingerprint density at radius 1 is 1.61 bits per heavy atom. The van der Waals surface area contributed by atoms with Crippen molar-refractivity contribution < 1.29 is 4.74 Å². The summed E-state index contributed by atoms with van der Waals surface area (Å²) in [5.74, 6) is 1.20. The van der Waals surface area contributed by atoms with Gasteiger partial charge in [0.1, 0.15) is 5.82 Å². The van der Waals surface area contributed by atoms with Gasteiger partial charge < -0.3 is 15.8 Å². The van der Waals surface area contributed by atoms with E-state index in [9.17, 15) is 0 Å². The van der Waals surface area contributed by atoms with Gasteiger partial charge in [-0.3, -0.25) is 0 Å². The first kappa shape index (κ1) is 13.3. The second-order valence-corrected chi connectivity index (χ2v) is 4.93. The lowest BCUT2D eigenvalue weighted by atomic mass is 9.89. The minimum Gasteiger partial charge on any atom is -0.384 e. The summed E-state index contributed by atoms with van der Waals surface area (Å²) < 4.78 is 5.59. The van der Waals surface area contributed by atoms with Crippen LogP contribution in [0.5, 0.6) is 0 Å². The third kappa shape index (κ3) is 3.68. The number of aromatic nitrogens is 1. The highest BCUT2D eigenvalue weighted by Gasteiger charge is 2.23. The molecule has 0 radical (unpaired) electrons. The highest BCUT2D eigenvalue weighted by molar-refractivity contribution is 5.32. The molecule has 0 bridgehead atoms. The monoisotopic (exact) mass is 249 g/mol. The van der Waals surface area contributed by atoms with Crippen LogP contribution >= 0.6 is 0 Å². The Morgan fingerprint density at radius 3 is 3.17 bits per heavy atom. The highest BCUT2D eigenvalue weighted by atomic mass is 16.5. The van der Waals surface area contributed by atoms with Gasteiger partial charge in [0.2, 0.25) is 0 Å². The molecule has 1 saturated heterocycles. The average molecular weight is 249 g/mol. The summed E-state index contributed by atoms with van der Waals surface area (Å²) >= 11 is 0. The van der Waals surface area contributed by atoms with Crippen molar-refractivity contribution in [3.8, 4) is 0 Å². The highest BCUT2D eigenvalue weighted by Crippen LogP contribution is 2.20. The molecule has 3 N–H and O–H groups in total. The molecule has 1 aliphatic rings. The fraction of sp³-hybridized carbons (Fsp3) is 0.643. The van der Waals surface area contributed by atoms with Gasteiger partial charge in [-0.05, 0) is 49.4 Å². The van der Waals surface area contributed by atoms with Crippen molar-refractivity contribution in [3.05, 3.63) is 23.9 Å². The lowest BCUT2D eigenvalue weighted by Gasteiger charge is -2.31. The van der Waals surface area contributed by atoms with Crippen molar-refractivity contribution in [1.29, 1.82) is 0 Å². The maximum Gasteiger partial charge on any atom is 0.123 e. The van der Waals surface area contributed by atoms with Gasteiger partial charge in [0.05, 0.1) is 6.61 Å². The molecule has 2 heterocycles. The van der Waals surface area contributed by atoms with Crippen LogP contribution in [0.2, 0.25) is 0 Å². The zero-order valence-electron chi connectivity index (χ0n) is 11.1. The normalized spacial score (nSPS) is 21.7. The average Bonchev–Trinajstić information content (AvgIpc) is 2.39. The minimum absolute atomic E-state index is 0.470. The van der Waals surface area contributed by atoms with Crippen LogP contribution in [0, 0.1) is 5.92 Å². The summed E-state index contributed by atoms with van der Waals surface area (Å²) in [6, 6.07) is 4.48. The second-order valence-electron chi connectivity index (χ2n) is 4.93. The van der Waals surface area contributed by atoms with E-state index in [2.05, 4.69) is 17.2 Å². The predicted octanol–water partition coefficient (Wildman–Crippen LogP) is 1.61. The van der Waals surface area contributed by atoms with Crippen LogP contribution < -0.4 is 11.1 Å². The molecule has 4 nitrogen and oxygen atoms in total. The summed E-state index contributed by atoms with van der Waals surface area (Å²) in [5, 5.41) is 3.58. The molecule has 0 amide bonds. The zero-order valence-corrected chi connectivity index (χ0v) is 11.1. The first-order valence-corrected chi connectivity index (χ1v) is 6.81. The molecule has 1 fully saturated rings. The smallest absolute Gasteiger partial charge is 0.123 e. The van der Waals surface area contributed by atoms with Gasteiger partial charge in [-0.1, -0.05) is 6.92 Å². The standard InChI is InChI=1S/C14H23N3O/c1-2-16-13(12-4-3-7-18-10-12)8-11-5-6-17-14(15)9-11/h5-6,9,12-13,16H,2-4,7-8,10H2,1H3,(H2,15,17). The van der Waals surface area contributed by atoms with E-state index in [1.807, 2.05) is 12.1 Å². The fourth-order valence-corrected chi connectivity index (χ4v) is 2.63. The molecule has 0 saturated carbocycles. The summed E-state index contributed by atoms with van der Waals surface area (Å²) in [5.41, 5.74) is 6.98. The number of hydrogen-bond acceptors (Lipinski definition) is 4. The zero-order chi connectivity index (χ0) is 12.8. The molecule has 2 unspecified atom stereocenters.